The maximum atomic E-state index is 12.4. The number of hydrogen-bond acceptors (Lipinski definition) is 4. The predicted molar refractivity (Wildman–Crippen MR) is 101 cm³/mol. The first-order valence-corrected chi connectivity index (χ1v) is 8.15. The topological polar surface area (TPSA) is 75.7 Å². The van der Waals surface area contributed by atoms with Gasteiger partial charge in [0.05, 0.1) is 12.8 Å². The maximum Gasteiger partial charge on any atom is 0.244 e. The molecule has 0 radical (unpaired) electrons. The van der Waals surface area contributed by atoms with Crippen LogP contribution in [0.2, 0.25) is 0 Å². The molecule has 0 aromatic heterocycles. The third kappa shape index (κ3) is 4.69. The number of carbonyl (C=O) groups is 3. The molecule has 0 unspecified atom stereocenters. The van der Waals surface area contributed by atoms with Gasteiger partial charge in [0.1, 0.15) is 12.3 Å². The molecular formula is C20H22N2O4. The molecule has 0 saturated heterocycles. The highest BCUT2D eigenvalue weighted by molar-refractivity contribution is 6.02. The summed E-state index contributed by atoms with van der Waals surface area (Å²) in [7, 11) is 1.53. The first-order valence-electron chi connectivity index (χ1n) is 8.15. The van der Waals surface area contributed by atoms with Crippen molar-refractivity contribution in [3.63, 3.8) is 0 Å². The molecule has 0 bridgehead atoms. The summed E-state index contributed by atoms with van der Waals surface area (Å²) >= 11 is 0. The summed E-state index contributed by atoms with van der Waals surface area (Å²) in [5, 5.41) is 2.78. The smallest absolute Gasteiger partial charge is 0.244 e. The number of ketones is 1. The van der Waals surface area contributed by atoms with Crippen molar-refractivity contribution in [2.24, 2.45) is 0 Å². The van der Waals surface area contributed by atoms with Gasteiger partial charge in [-0.3, -0.25) is 14.4 Å². The van der Waals surface area contributed by atoms with E-state index in [0.29, 0.717) is 22.7 Å². The average molecular weight is 354 g/mol. The molecule has 0 aliphatic heterocycles. The van der Waals surface area contributed by atoms with Crippen LogP contribution in [0, 0.1) is 6.92 Å². The molecule has 0 aliphatic rings. The van der Waals surface area contributed by atoms with E-state index < -0.39 is 0 Å². The fraction of sp³-hybridized carbons (Fsp3) is 0.250. The van der Waals surface area contributed by atoms with Gasteiger partial charge in [0.25, 0.3) is 0 Å². The molecule has 2 rings (SSSR count). The average Bonchev–Trinajstić information content (AvgIpc) is 2.59. The second-order valence-corrected chi connectivity index (χ2v) is 5.96. The van der Waals surface area contributed by atoms with Gasteiger partial charge in [0, 0.05) is 18.2 Å². The number of anilines is 2. The molecule has 0 saturated carbocycles. The highest BCUT2D eigenvalue weighted by Crippen LogP contribution is 2.25. The Balaban J connectivity index is 2.17. The molecule has 0 aliphatic carbocycles. The predicted octanol–water partition coefficient (Wildman–Crippen LogP) is 3.20. The van der Waals surface area contributed by atoms with Gasteiger partial charge in [0.2, 0.25) is 11.8 Å². The lowest BCUT2D eigenvalue weighted by molar-refractivity contribution is -0.120. The van der Waals surface area contributed by atoms with Crippen molar-refractivity contribution < 1.29 is 19.1 Å². The summed E-state index contributed by atoms with van der Waals surface area (Å²) in [6.45, 7) is 4.62. The summed E-state index contributed by atoms with van der Waals surface area (Å²) in [5.74, 6) is -0.133. The molecule has 26 heavy (non-hydrogen) atoms. The van der Waals surface area contributed by atoms with Gasteiger partial charge in [-0.15, -0.1) is 0 Å². The van der Waals surface area contributed by atoms with Crippen LogP contribution in [0.15, 0.2) is 42.5 Å². The third-order valence-corrected chi connectivity index (χ3v) is 3.90. The Kier molecular flexibility index (Phi) is 6.11. The van der Waals surface area contributed by atoms with E-state index in [0.717, 1.165) is 5.56 Å². The fourth-order valence-corrected chi connectivity index (χ4v) is 2.51. The number of rotatable bonds is 6. The van der Waals surface area contributed by atoms with Crippen LogP contribution in [-0.2, 0) is 9.59 Å². The summed E-state index contributed by atoms with van der Waals surface area (Å²) in [6, 6.07) is 12.0. The van der Waals surface area contributed by atoms with E-state index in [1.807, 2.05) is 13.0 Å². The van der Waals surface area contributed by atoms with Gasteiger partial charge in [-0.2, -0.15) is 0 Å². The van der Waals surface area contributed by atoms with Crippen molar-refractivity contribution in [2.45, 2.75) is 20.8 Å². The van der Waals surface area contributed by atoms with Crippen molar-refractivity contribution in [2.75, 3.05) is 23.9 Å². The number of aryl methyl sites for hydroxylation is 1. The minimum atomic E-state index is -0.347. The number of ether oxygens (including phenoxy) is 1. The second kappa shape index (κ2) is 8.29. The number of amides is 2. The van der Waals surface area contributed by atoms with E-state index in [1.54, 1.807) is 36.4 Å². The second-order valence-electron chi connectivity index (χ2n) is 5.96. The lowest BCUT2D eigenvalue weighted by Crippen LogP contribution is -2.36. The van der Waals surface area contributed by atoms with Crippen molar-refractivity contribution in [3.05, 3.63) is 53.6 Å². The van der Waals surface area contributed by atoms with E-state index in [1.165, 1.54) is 25.9 Å². The van der Waals surface area contributed by atoms with Crippen LogP contribution >= 0.6 is 0 Å². The normalized spacial score (nSPS) is 10.2. The number of carbonyl (C=O) groups excluding carboxylic acids is 3. The Hall–Kier alpha value is -3.15. The number of nitrogens with one attached hydrogen (secondary N) is 1. The van der Waals surface area contributed by atoms with E-state index in [4.69, 9.17) is 4.74 Å². The van der Waals surface area contributed by atoms with Gasteiger partial charge >= 0.3 is 0 Å². The van der Waals surface area contributed by atoms with Gasteiger partial charge in [-0.25, -0.2) is 0 Å². The van der Waals surface area contributed by atoms with Crippen molar-refractivity contribution in [1.82, 2.24) is 0 Å². The highest BCUT2D eigenvalue weighted by Gasteiger charge is 2.17. The van der Waals surface area contributed by atoms with Gasteiger partial charge < -0.3 is 15.0 Å². The number of hydrogen-bond donors (Lipinski definition) is 1. The SMILES string of the molecule is COc1ccc(C)cc1NC(=O)CN(C(C)=O)c1ccc(C(C)=O)cc1. The third-order valence-electron chi connectivity index (χ3n) is 3.90. The largest absolute Gasteiger partial charge is 0.495 e. The van der Waals surface area contributed by atoms with E-state index in [9.17, 15) is 14.4 Å². The standard InChI is InChI=1S/C20H22N2O4/c1-13-5-10-19(26-4)18(11-13)21-20(25)12-22(15(3)24)17-8-6-16(7-9-17)14(2)23/h5-11H,12H2,1-4H3,(H,21,25). The molecule has 6 nitrogen and oxygen atoms in total. The van der Waals surface area contributed by atoms with E-state index >= 15 is 0 Å². The van der Waals surface area contributed by atoms with Gasteiger partial charge in [0.15, 0.2) is 5.78 Å². The minimum absolute atomic E-state index is 0.0600. The van der Waals surface area contributed by atoms with Crippen LogP contribution in [0.3, 0.4) is 0 Å². The zero-order valence-electron chi connectivity index (χ0n) is 15.3. The molecule has 1 N–H and O–H groups in total. The van der Waals surface area contributed by atoms with Gasteiger partial charge in [-0.05, 0) is 55.8 Å². The Morgan fingerprint density at radius 1 is 1.04 bits per heavy atom. The molecule has 2 amide bonds. The van der Waals surface area contributed by atoms with Crippen molar-refractivity contribution in [3.8, 4) is 5.75 Å². The molecule has 2 aromatic rings. The van der Waals surface area contributed by atoms with Crippen LogP contribution in [0.4, 0.5) is 11.4 Å². The molecular weight excluding hydrogens is 332 g/mol. The maximum absolute atomic E-state index is 12.4. The molecule has 2 aromatic carbocycles. The van der Waals surface area contributed by atoms with Crippen molar-refractivity contribution in [1.29, 1.82) is 0 Å². The summed E-state index contributed by atoms with van der Waals surface area (Å²) in [5.41, 5.74) is 2.62. The van der Waals surface area contributed by atoms with Crippen molar-refractivity contribution >= 4 is 29.0 Å². The molecule has 0 atom stereocenters. The molecule has 0 fully saturated rings. The lowest BCUT2D eigenvalue weighted by atomic mass is 10.1. The van der Waals surface area contributed by atoms with Crippen LogP contribution in [0.25, 0.3) is 0 Å². The Bertz CT molecular complexity index is 828. The first-order chi connectivity index (χ1) is 12.3. The Morgan fingerprint density at radius 3 is 2.23 bits per heavy atom. The Morgan fingerprint density at radius 2 is 1.69 bits per heavy atom. The van der Waals surface area contributed by atoms with Gasteiger partial charge in [-0.1, -0.05) is 6.07 Å². The highest BCUT2D eigenvalue weighted by atomic mass is 16.5. The number of methoxy groups -OCH3 is 1. The van der Waals surface area contributed by atoms with E-state index in [-0.39, 0.29) is 24.1 Å². The van der Waals surface area contributed by atoms with Crippen LogP contribution in [-0.4, -0.2) is 31.3 Å². The zero-order chi connectivity index (χ0) is 19.3. The summed E-state index contributed by atoms with van der Waals surface area (Å²) in [4.78, 5) is 37.1. The summed E-state index contributed by atoms with van der Waals surface area (Å²) < 4.78 is 5.25. The number of Topliss-reactive ketones (excluding diaryl/α,β-unsaturated/α-hetero) is 1. The Labute approximate surface area is 152 Å². The quantitative estimate of drug-likeness (QED) is 0.808. The molecule has 6 heteroatoms. The monoisotopic (exact) mass is 354 g/mol. The van der Waals surface area contributed by atoms with E-state index in [2.05, 4.69) is 5.32 Å². The first kappa shape index (κ1) is 19.2. The number of nitrogens with zero attached hydrogens (tertiary/aromatic N) is 1. The van der Waals surface area contributed by atoms with Crippen LogP contribution < -0.4 is 15.0 Å². The van der Waals surface area contributed by atoms with Crippen LogP contribution in [0.1, 0.15) is 29.8 Å². The zero-order valence-corrected chi connectivity index (χ0v) is 15.3. The molecule has 136 valence electrons. The minimum Gasteiger partial charge on any atom is -0.495 e. The lowest BCUT2D eigenvalue weighted by Gasteiger charge is -2.21. The summed E-state index contributed by atoms with van der Waals surface area (Å²) in [6.07, 6.45) is 0. The van der Waals surface area contributed by atoms with Crippen LogP contribution in [0.5, 0.6) is 5.75 Å². The number of benzene rings is 2. The fourth-order valence-electron chi connectivity index (χ4n) is 2.51. The molecule has 0 heterocycles. The molecule has 0 spiro atoms.